The van der Waals surface area contributed by atoms with Gasteiger partial charge in [-0.05, 0) is 24.6 Å². The molecule has 1 N–H and O–H groups in total. The molecule has 0 saturated heterocycles. The molecular weight excluding hydrogens is 332 g/mol. The topological polar surface area (TPSA) is 63.6 Å². The van der Waals surface area contributed by atoms with E-state index >= 15 is 0 Å². The lowest BCUT2D eigenvalue weighted by Gasteiger charge is -2.10. The predicted molar refractivity (Wildman–Crippen MR) is 100 cm³/mol. The molecule has 0 aliphatic rings. The Hall–Kier alpha value is -2.86. The minimum absolute atomic E-state index is 0.171. The second-order valence-electron chi connectivity index (χ2n) is 5.67. The van der Waals surface area contributed by atoms with Crippen molar-refractivity contribution in [3.8, 4) is 5.69 Å². The number of fused-ring (bicyclic) bond motifs is 1. The Morgan fingerprint density at radius 1 is 1.04 bits per heavy atom. The summed E-state index contributed by atoms with van der Waals surface area (Å²) in [7, 11) is 0. The van der Waals surface area contributed by atoms with Crippen molar-refractivity contribution >= 4 is 22.8 Å². The fourth-order valence-corrected chi connectivity index (χ4v) is 3.59. The fourth-order valence-electron chi connectivity index (χ4n) is 2.67. The second kappa shape index (κ2) is 6.57. The Balaban J connectivity index is 1.75. The standard InChI is InChI=1S/C19H16N4OS/c1-13(14-8-4-2-5-9-14)25-19-21-17-16(18(24)22-19)12-20-23(17)15-10-6-3-7-11-15/h2-13H,1H3,(H,21,22,24)/t13-/m0/s1. The number of aromatic nitrogens is 4. The highest BCUT2D eigenvalue weighted by molar-refractivity contribution is 7.99. The molecule has 124 valence electrons. The van der Waals surface area contributed by atoms with Crippen LogP contribution in [0.1, 0.15) is 17.7 Å². The second-order valence-corrected chi connectivity index (χ2v) is 7.00. The maximum atomic E-state index is 12.4. The minimum Gasteiger partial charge on any atom is -0.301 e. The van der Waals surface area contributed by atoms with E-state index in [-0.39, 0.29) is 10.8 Å². The highest BCUT2D eigenvalue weighted by Crippen LogP contribution is 2.32. The van der Waals surface area contributed by atoms with Gasteiger partial charge in [-0.1, -0.05) is 60.3 Å². The number of hydrogen-bond donors (Lipinski definition) is 1. The Kier molecular flexibility index (Phi) is 4.11. The number of benzene rings is 2. The van der Waals surface area contributed by atoms with Crippen LogP contribution >= 0.6 is 11.8 Å². The Bertz CT molecular complexity index is 1060. The van der Waals surface area contributed by atoms with Crippen molar-refractivity contribution in [3.05, 3.63) is 82.8 Å². The molecular formula is C19H16N4OS. The zero-order chi connectivity index (χ0) is 17.2. The molecule has 0 amide bonds. The minimum atomic E-state index is -0.171. The SMILES string of the molecule is C[C@H](Sc1nc2c(cnn2-c2ccccc2)c(=O)[nH]1)c1ccccc1. The summed E-state index contributed by atoms with van der Waals surface area (Å²) >= 11 is 1.53. The highest BCUT2D eigenvalue weighted by atomic mass is 32.2. The lowest BCUT2D eigenvalue weighted by molar-refractivity contribution is 0.871. The van der Waals surface area contributed by atoms with Crippen molar-refractivity contribution in [2.24, 2.45) is 0 Å². The van der Waals surface area contributed by atoms with E-state index in [0.717, 1.165) is 5.69 Å². The Morgan fingerprint density at radius 3 is 2.44 bits per heavy atom. The molecule has 5 nitrogen and oxygen atoms in total. The maximum absolute atomic E-state index is 12.4. The molecule has 0 saturated carbocycles. The Labute approximate surface area is 148 Å². The van der Waals surface area contributed by atoms with Crippen LogP contribution in [0, 0.1) is 0 Å². The average Bonchev–Trinajstić information content (AvgIpc) is 3.07. The molecule has 0 bridgehead atoms. The number of nitrogens with one attached hydrogen (secondary N) is 1. The first-order valence-electron chi connectivity index (χ1n) is 7.97. The van der Waals surface area contributed by atoms with Gasteiger partial charge in [0.25, 0.3) is 5.56 Å². The van der Waals surface area contributed by atoms with E-state index in [1.165, 1.54) is 17.3 Å². The molecule has 2 heterocycles. The molecule has 0 aliphatic carbocycles. The van der Waals surface area contributed by atoms with E-state index < -0.39 is 0 Å². The summed E-state index contributed by atoms with van der Waals surface area (Å²) in [5.41, 5.74) is 2.46. The van der Waals surface area contributed by atoms with Crippen LogP contribution in [-0.2, 0) is 0 Å². The molecule has 0 spiro atoms. The third kappa shape index (κ3) is 3.08. The number of H-pyrrole nitrogens is 1. The van der Waals surface area contributed by atoms with Crippen LogP contribution in [0.3, 0.4) is 0 Å². The first-order chi connectivity index (χ1) is 12.2. The molecule has 0 fully saturated rings. The predicted octanol–water partition coefficient (Wildman–Crippen LogP) is 3.96. The third-order valence-corrected chi connectivity index (χ3v) is 5.02. The van der Waals surface area contributed by atoms with Gasteiger partial charge < -0.3 is 4.98 Å². The Morgan fingerprint density at radius 2 is 1.72 bits per heavy atom. The molecule has 4 aromatic rings. The molecule has 0 aliphatic heterocycles. The number of para-hydroxylation sites is 1. The van der Waals surface area contributed by atoms with Crippen molar-refractivity contribution in [1.29, 1.82) is 0 Å². The van der Waals surface area contributed by atoms with E-state index in [1.54, 1.807) is 10.9 Å². The summed E-state index contributed by atoms with van der Waals surface area (Å²) in [6, 6.07) is 19.8. The van der Waals surface area contributed by atoms with Crippen molar-refractivity contribution in [2.45, 2.75) is 17.3 Å². The van der Waals surface area contributed by atoms with Gasteiger partial charge in [0.1, 0.15) is 5.39 Å². The lowest BCUT2D eigenvalue weighted by Crippen LogP contribution is -2.10. The first-order valence-corrected chi connectivity index (χ1v) is 8.85. The van der Waals surface area contributed by atoms with Gasteiger partial charge >= 0.3 is 0 Å². The molecule has 2 aromatic carbocycles. The summed E-state index contributed by atoms with van der Waals surface area (Å²) in [6.45, 7) is 2.10. The normalized spacial score (nSPS) is 12.4. The summed E-state index contributed by atoms with van der Waals surface area (Å²) in [6.07, 6.45) is 1.56. The van der Waals surface area contributed by atoms with Crippen LogP contribution in [-0.4, -0.2) is 19.7 Å². The highest BCUT2D eigenvalue weighted by Gasteiger charge is 2.14. The van der Waals surface area contributed by atoms with Crippen LogP contribution in [0.5, 0.6) is 0 Å². The number of rotatable bonds is 4. The van der Waals surface area contributed by atoms with Gasteiger partial charge in [-0.25, -0.2) is 9.67 Å². The van der Waals surface area contributed by atoms with Crippen LogP contribution in [0.4, 0.5) is 0 Å². The van der Waals surface area contributed by atoms with Gasteiger partial charge in [0.05, 0.1) is 11.9 Å². The van der Waals surface area contributed by atoms with Crippen LogP contribution in [0.15, 0.2) is 76.8 Å². The van der Waals surface area contributed by atoms with Crippen LogP contribution in [0.25, 0.3) is 16.7 Å². The van der Waals surface area contributed by atoms with Gasteiger partial charge in [-0.3, -0.25) is 4.79 Å². The first kappa shape index (κ1) is 15.7. The van der Waals surface area contributed by atoms with Crippen molar-refractivity contribution in [3.63, 3.8) is 0 Å². The lowest BCUT2D eigenvalue weighted by atomic mass is 10.2. The van der Waals surface area contributed by atoms with E-state index in [1.807, 2.05) is 48.5 Å². The van der Waals surface area contributed by atoms with Gasteiger partial charge in [-0.15, -0.1) is 0 Å². The summed E-state index contributed by atoms with van der Waals surface area (Å²) in [4.78, 5) is 19.9. The van der Waals surface area contributed by atoms with E-state index in [2.05, 4.69) is 34.1 Å². The number of aromatic amines is 1. The van der Waals surface area contributed by atoms with Crippen LogP contribution in [0.2, 0.25) is 0 Å². The van der Waals surface area contributed by atoms with Crippen LogP contribution < -0.4 is 5.56 Å². The molecule has 25 heavy (non-hydrogen) atoms. The largest absolute Gasteiger partial charge is 0.301 e. The summed E-state index contributed by atoms with van der Waals surface area (Å²) in [5.74, 6) is 0. The fraction of sp³-hybridized carbons (Fsp3) is 0.105. The van der Waals surface area contributed by atoms with E-state index in [9.17, 15) is 4.79 Å². The smallest absolute Gasteiger partial charge is 0.262 e. The monoisotopic (exact) mass is 348 g/mol. The van der Waals surface area contributed by atoms with Gasteiger partial charge in [0.15, 0.2) is 10.8 Å². The average molecular weight is 348 g/mol. The quantitative estimate of drug-likeness (QED) is 0.448. The van der Waals surface area contributed by atoms with E-state index in [0.29, 0.717) is 16.2 Å². The van der Waals surface area contributed by atoms with Gasteiger partial charge in [-0.2, -0.15) is 5.10 Å². The van der Waals surface area contributed by atoms with Crippen molar-refractivity contribution in [2.75, 3.05) is 0 Å². The summed E-state index contributed by atoms with van der Waals surface area (Å²) in [5, 5.41) is 5.58. The molecule has 0 radical (unpaired) electrons. The molecule has 1 atom stereocenters. The molecule has 4 rings (SSSR count). The van der Waals surface area contributed by atoms with Crippen molar-refractivity contribution in [1.82, 2.24) is 19.7 Å². The van der Waals surface area contributed by atoms with E-state index in [4.69, 9.17) is 0 Å². The number of hydrogen-bond acceptors (Lipinski definition) is 4. The number of nitrogens with zero attached hydrogens (tertiary/aromatic N) is 3. The van der Waals surface area contributed by atoms with Gasteiger partial charge in [0.2, 0.25) is 0 Å². The van der Waals surface area contributed by atoms with Crippen molar-refractivity contribution < 1.29 is 0 Å². The molecule has 2 aromatic heterocycles. The maximum Gasteiger partial charge on any atom is 0.262 e. The summed E-state index contributed by atoms with van der Waals surface area (Å²) < 4.78 is 1.70. The van der Waals surface area contributed by atoms with Gasteiger partial charge in [0, 0.05) is 5.25 Å². The molecule has 0 unspecified atom stereocenters. The zero-order valence-corrected chi connectivity index (χ0v) is 14.4. The number of thioether (sulfide) groups is 1. The molecule has 6 heteroatoms. The zero-order valence-electron chi connectivity index (χ0n) is 13.6. The third-order valence-electron chi connectivity index (χ3n) is 3.97.